The Balaban J connectivity index is 2.43. The fourth-order valence-corrected chi connectivity index (χ4v) is 1.00. The van der Waals surface area contributed by atoms with Crippen molar-refractivity contribution < 1.29 is 19.1 Å². The second kappa shape index (κ2) is 3.34. The molecule has 1 atom stereocenters. The van der Waals surface area contributed by atoms with E-state index in [4.69, 9.17) is 0 Å². The molecule has 1 aliphatic rings. The maximum absolute atomic E-state index is 10.9. The summed E-state index contributed by atoms with van der Waals surface area (Å²) in [5.74, 6) is -1.50. The van der Waals surface area contributed by atoms with E-state index >= 15 is 0 Å². The summed E-state index contributed by atoms with van der Waals surface area (Å²) < 4.78 is 4.29. The standard InChI is InChI=1S/C7H9NO4/c1-4(9)12-7(11)5-2-3-6(10)8-5/h5H,2-3H2,1H3,(H,8,10)/t5-/m0/s1. The number of hydrogen-bond acceptors (Lipinski definition) is 4. The van der Waals surface area contributed by atoms with E-state index in [-0.39, 0.29) is 5.91 Å². The number of amides is 1. The number of nitrogens with one attached hydrogen (secondary N) is 1. The van der Waals surface area contributed by atoms with E-state index in [0.29, 0.717) is 12.8 Å². The molecule has 0 aromatic rings. The highest BCUT2D eigenvalue weighted by Gasteiger charge is 2.29. The number of hydrogen-bond donors (Lipinski definition) is 1. The Kier molecular flexibility index (Phi) is 2.42. The van der Waals surface area contributed by atoms with Crippen LogP contribution in [0.4, 0.5) is 0 Å². The third-order valence-corrected chi connectivity index (χ3v) is 1.52. The fourth-order valence-electron chi connectivity index (χ4n) is 1.00. The molecular formula is C7H9NO4. The minimum Gasteiger partial charge on any atom is -0.392 e. The lowest BCUT2D eigenvalue weighted by Gasteiger charge is -2.06. The van der Waals surface area contributed by atoms with Gasteiger partial charge in [-0.15, -0.1) is 0 Å². The molecule has 0 spiro atoms. The molecule has 0 bridgehead atoms. The summed E-state index contributed by atoms with van der Waals surface area (Å²) in [4.78, 5) is 31.9. The highest BCUT2D eigenvalue weighted by molar-refractivity contribution is 5.92. The van der Waals surface area contributed by atoms with Gasteiger partial charge in [-0.2, -0.15) is 0 Å². The lowest BCUT2D eigenvalue weighted by molar-refractivity contribution is -0.159. The average Bonchev–Trinajstić information content (AvgIpc) is 2.34. The number of ether oxygens (including phenoxy) is 1. The zero-order valence-corrected chi connectivity index (χ0v) is 6.62. The zero-order valence-electron chi connectivity index (χ0n) is 6.62. The van der Waals surface area contributed by atoms with Crippen molar-refractivity contribution in [1.82, 2.24) is 5.32 Å². The van der Waals surface area contributed by atoms with Crippen LogP contribution in [-0.4, -0.2) is 23.9 Å². The van der Waals surface area contributed by atoms with Crippen LogP contribution >= 0.6 is 0 Å². The van der Waals surface area contributed by atoms with Gasteiger partial charge in [0.2, 0.25) is 5.91 Å². The normalized spacial score (nSPS) is 21.8. The van der Waals surface area contributed by atoms with E-state index in [1.54, 1.807) is 0 Å². The Morgan fingerprint density at radius 1 is 1.58 bits per heavy atom. The molecule has 5 heteroatoms. The Hall–Kier alpha value is -1.39. The van der Waals surface area contributed by atoms with Gasteiger partial charge < -0.3 is 10.1 Å². The molecule has 0 aromatic carbocycles. The van der Waals surface area contributed by atoms with Crippen LogP contribution in [0.5, 0.6) is 0 Å². The van der Waals surface area contributed by atoms with Crippen LogP contribution in [0.25, 0.3) is 0 Å². The first-order valence-corrected chi connectivity index (χ1v) is 3.61. The molecule has 1 aliphatic heterocycles. The number of esters is 2. The number of rotatable bonds is 1. The first-order valence-electron chi connectivity index (χ1n) is 3.61. The third kappa shape index (κ3) is 2.05. The van der Waals surface area contributed by atoms with Crippen LogP contribution < -0.4 is 5.32 Å². The Morgan fingerprint density at radius 2 is 2.25 bits per heavy atom. The molecule has 1 amide bonds. The van der Waals surface area contributed by atoms with Crippen molar-refractivity contribution >= 4 is 17.8 Å². The van der Waals surface area contributed by atoms with E-state index in [9.17, 15) is 14.4 Å². The molecule has 1 heterocycles. The SMILES string of the molecule is CC(=O)OC(=O)[C@@H]1CCC(=O)N1. The van der Waals surface area contributed by atoms with Gasteiger partial charge in [0.05, 0.1) is 0 Å². The molecule has 1 rings (SSSR count). The van der Waals surface area contributed by atoms with Gasteiger partial charge in [0, 0.05) is 13.3 Å². The molecule has 1 N–H and O–H groups in total. The molecule has 12 heavy (non-hydrogen) atoms. The Bertz CT molecular complexity index is 236. The van der Waals surface area contributed by atoms with E-state index in [0.717, 1.165) is 6.92 Å². The van der Waals surface area contributed by atoms with Crippen LogP contribution in [0, 0.1) is 0 Å². The zero-order chi connectivity index (χ0) is 9.14. The van der Waals surface area contributed by atoms with Gasteiger partial charge in [-0.05, 0) is 6.42 Å². The highest BCUT2D eigenvalue weighted by Crippen LogP contribution is 2.07. The molecule has 1 saturated heterocycles. The monoisotopic (exact) mass is 171 g/mol. The van der Waals surface area contributed by atoms with Gasteiger partial charge in [0.15, 0.2) is 0 Å². The molecule has 66 valence electrons. The molecule has 0 aliphatic carbocycles. The van der Waals surface area contributed by atoms with Crippen molar-refractivity contribution in [2.75, 3.05) is 0 Å². The van der Waals surface area contributed by atoms with Crippen LogP contribution in [0.2, 0.25) is 0 Å². The van der Waals surface area contributed by atoms with E-state index in [1.807, 2.05) is 0 Å². The predicted octanol–water partition coefficient (Wildman–Crippen LogP) is -0.645. The minimum atomic E-state index is -0.673. The van der Waals surface area contributed by atoms with Crippen molar-refractivity contribution in [3.63, 3.8) is 0 Å². The van der Waals surface area contributed by atoms with Gasteiger partial charge in [0.1, 0.15) is 6.04 Å². The summed E-state index contributed by atoms with van der Waals surface area (Å²) in [6.07, 6.45) is 0.725. The van der Waals surface area contributed by atoms with Crippen molar-refractivity contribution in [1.29, 1.82) is 0 Å². The first-order chi connectivity index (χ1) is 5.59. The van der Waals surface area contributed by atoms with Crippen LogP contribution in [-0.2, 0) is 19.1 Å². The quantitative estimate of drug-likeness (QED) is 0.420. The van der Waals surface area contributed by atoms with Crippen LogP contribution in [0.15, 0.2) is 0 Å². The van der Waals surface area contributed by atoms with Gasteiger partial charge in [-0.1, -0.05) is 0 Å². The molecule has 0 unspecified atom stereocenters. The third-order valence-electron chi connectivity index (χ3n) is 1.52. The van der Waals surface area contributed by atoms with E-state index in [2.05, 4.69) is 10.1 Å². The largest absolute Gasteiger partial charge is 0.392 e. The summed E-state index contributed by atoms with van der Waals surface area (Å²) in [6.45, 7) is 1.15. The van der Waals surface area contributed by atoms with E-state index in [1.165, 1.54) is 0 Å². The summed E-state index contributed by atoms with van der Waals surface area (Å²) in [5.41, 5.74) is 0. The van der Waals surface area contributed by atoms with Crippen LogP contribution in [0.1, 0.15) is 19.8 Å². The smallest absolute Gasteiger partial charge is 0.336 e. The van der Waals surface area contributed by atoms with Crippen molar-refractivity contribution in [3.8, 4) is 0 Å². The maximum atomic E-state index is 10.9. The molecule has 0 radical (unpaired) electrons. The molecule has 5 nitrogen and oxygen atoms in total. The lowest BCUT2D eigenvalue weighted by atomic mass is 10.2. The minimum absolute atomic E-state index is 0.180. The second-order valence-electron chi connectivity index (χ2n) is 2.57. The predicted molar refractivity (Wildman–Crippen MR) is 37.9 cm³/mol. The molecule has 1 fully saturated rings. The Labute approximate surface area is 69.1 Å². The number of carbonyl (C=O) groups excluding carboxylic acids is 3. The lowest BCUT2D eigenvalue weighted by Crippen LogP contribution is -2.35. The topological polar surface area (TPSA) is 72.5 Å². The summed E-state index contributed by atoms with van der Waals surface area (Å²) in [7, 11) is 0. The average molecular weight is 171 g/mol. The fraction of sp³-hybridized carbons (Fsp3) is 0.571. The highest BCUT2D eigenvalue weighted by atomic mass is 16.6. The van der Waals surface area contributed by atoms with Gasteiger partial charge in [-0.3, -0.25) is 9.59 Å². The first kappa shape index (κ1) is 8.70. The summed E-state index contributed by atoms with van der Waals surface area (Å²) >= 11 is 0. The second-order valence-corrected chi connectivity index (χ2v) is 2.57. The maximum Gasteiger partial charge on any atom is 0.336 e. The molecule has 0 aromatic heterocycles. The summed E-state index contributed by atoms with van der Waals surface area (Å²) in [6, 6.07) is -0.638. The molecule has 0 saturated carbocycles. The van der Waals surface area contributed by atoms with Gasteiger partial charge in [-0.25, -0.2) is 4.79 Å². The van der Waals surface area contributed by atoms with Crippen molar-refractivity contribution in [2.45, 2.75) is 25.8 Å². The molecular weight excluding hydrogens is 162 g/mol. The van der Waals surface area contributed by atoms with E-state index < -0.39 is 18.0 Å². The van der Waals surface area contributed by atoms with Gasteiger partial charge in [0.25, 0.3) is 0 Å². The number of carbonyl (C=O) groups is 3. The summed E-state index contributed by atoms with van der Waals surface area (Å²) in [5, 5.41) is 2.39. The Morgan fingerprint density at radius 3 is 2.67 bits per heavy atom. The van der Waals surface area contributed by atoms with Gasteiger partial charge >= 0.3 is 11.9 Å². The van der Waals surface area contributed by atoms with Crippen LogP contribution in [0.3, 0.4) is 0 Å². The van der Waals surface area contributed by atoms with Crippen molar-refractivity contribution in [2.24, 2.45) is 0 Å². The van der Waals surface area contributed by atoms with Crippen molar-refractivity contribution in [3.05, 3.63) is 0 Å².